The number of hydrogen-bond acceptors (Lipinski definition) is 3. The standard InChI is InChI=1S/C52H32N2O2/c1-3-11-35(12-4-1)53(38-24-30-48-46(32-38)39-15-7-9-17-47(39)54(48)36-13-5-2-6-14-36)37-22-19-33(20-23-37)34-21-25-41-43-27-29-44-45(52(43)56-50(41)31-34)28-26-42-40-16-8-10-18-49(40)55-51(42)44/h1-32H. The van der Waals surface area contributed by atoms with Crippen molar-refractivity contribution in [3.8, 4) is 16.8 Å². The summed E-state index contributed by atoms with van der Waals surface area (Å²) in [6.07, 6.45) is 0. The minimum absolute atomic E-state index is 0.868. The van der Waals surface area contributed by atoms with Gasteiger partial charge in [-0.05, 0) is 114 Å². The van der Waals surface area contributed by atoms with Gasteiger partial charge in [-0.1, -0.05) is 91.0 Å². The van der Waals surface area contributed by atoms with Crippen LogP contribution in [0.4, 0.5) is 17.1 Å². The fraction of sp³-hybridized carbons (Fsp3) is 0. The van der Waals surface area contributed by atoms with Gasteiger partial charge in [0.15, 0.2) is 0 Å². The summed E-state index contributed by atoms with van der Waals surface area (Å²) in [5, 5.41) is 9.02. The molecule has 0 saturated carbocycles. The van der Waals surface area contributed by atoms with Crippen LogP contribution in [0.5, 0.6) is 0 Å². The molecule has 12 rings (SSSR count). The van der Waals surface area contributed by atoms with E-state index in [0.29, 0.717) is 0 Å². The average molecular weight is 717 g/mol. The number of rotatable bonds is 5. The van der Waals surface area contributed by atoms with E-state index in [9.17, 15) is 0 Å². The Morgan fingerprint density at radius 2 is 0.839 bits per heavy atom. The lowest BCUT2D eigenvalue weighted by atomic mass is 10.0. The largest absolute Gasteiger partial charge is 0.455 e. The molecule has 0 N–H and O–H groups in total. The molecular formula is C52H32N2O2. The van der Waals surface area contributed by atoms with Gasteiger partial charge in [-0.2, -0.15) is 0 Å². The second-order valence-electron chi connectivity index (χ2n) is 14.5. The molecule has 0 atom stereocenters. The van der Waals surface area contributed by atoms with Crippen LogP contribution in [0.15, 0.2) is 203 Å². The molecule has 262 valence electrons. The van der Waals surface area contributed by atoms with Crippen LogP contribution < -0.4 is 4.90 Å². The molecule has 0 radical (unpaired) electrons. The summed E-state index contributed by atoms with van der Waals surface area (Å²) in [6.45, 7) is 0. The molecule has 0 saturated heterocycles. The van der Waals surface area contributed by atoms with Crippen LogP contribution in [0.25, 0.3) is 93.3 Å². The molecule has 9 aromatic carbocycles. The van der Waals surface area contributed by atoms with Crippen LogP contribution in [-0.2, 0) is 0 Å². The first-order valence-corrected chi connectivity index (χ1v) is 19.0. The average Bonchev–Trinajstić information content (AvgIpc) is 3.94. The van der Waals surface area contributed by atoms with E-state index in [-0.39, 0.29) is 0 Å². The van der Waals surface area contributed by atoms with E-state index in [2.05, 4.69) is 191 Å². The van der Waals surface area contributed by atoms with Gasteiger partial charge in [0.05, 0.1) is 11.0 Å². The van der Waals surface area contributed by atoms with Crippen molar-refractivity contribution in [2.75, 3.05) is 4.90 Å². The number of furan rings is 2. The summed E-state index contributed by atoms with van der Waals surface area (Å²) in [6, 6.07) is 69.0. The van der Waals surface area contributed by atoms with Crippen LogP contribution in [0.2, 0.25) is 0 Å². The highest BCUT2D eigenvalue weighted by Crippen LogP contribution is 2.42. The van der Waals surface area contributed by atoms with E-state index in [4.69, 9.17) is 8.83 Å². The molecule has 0 amide bonds. The van der Waals surface area contributed by atoms with Crippen LogP contribution in [0.1, 0.15) is 0 Å². The summed E-state index contributed by atoms with van der Waals surface area (Å²) in [4.78, 5) is 2.34. The molecule has 0 aliphatic heterocycles. The van der Waals surface area contributed by atoms with E-state index in [1.54, 1.807) is 0 Å². The predicted molar refractivity (Wildman–Crippen MR) is 233 cm³/mol. The van der Waals surface area contributed by atoms with E-state index in [1.165, 1.54) is 21.8 Å². The molecule has 4 heteroatoms. The summed E-state index contributed by atoms with van der Waals surface area (Å²) >= 11 is 0. The molecule has 0 aliphatic carbocycles. The first-order valence-electron chi connectivity index (χ1n) is 19.0. The van der Waals surface area contributed by atoms with Crippen LogP contribution in [-0.4, -0.2) is 4.57 Å². The Balaban J connectivity index is 0.946. The molecule has 4 nitrogen and oxygen atoms in total. The monoisotopic (exact) mass is 716 g/mol. The first kappa shape index (κ1) is 30.9. The van der Waals surface area contributed by atoms with Crippen molar-refractivity contribution >= 4 is 93.5 Å². The zero-order chi connectivity index (χ0) is 36.7. The summed E-state index contributed by atoms with van der Waals surface area (Å²) in [5.41, 5.74) is 12.6. The van der Waals surface area contributed by atoms with Crippen LogP contribution in [0, 0.1) is 0 Å². The number of fused-ring (bicyclic) bond motifs is 12. The van der Waals surface area contributed by atoms with E-state index < -0.39 is 0 Å². The van der Waals surface area contributed by atoms with Gasteiger partial charge < -0.3 is 18.3 Å². The number of hydrogen-bond donors (Lipinski definition) is 0. The molecular weight excluding hydrogens is 685 g/mol. The lowest BCUT2D eigenvalue weighted by molar-refractivity contribution is 0.669. The van der Waals surface area contributed by atoms with Crippen molar-refractivity contribution in [2.24, 2.45) is 0 Å². The number of anilines is 3. The minimum Gasteiger partial charge on any atom is -0.455 e. The quantitative estimate of drug-likeness (QED) is 0.178. The Kier molecular flexibility index (Phi) is 6.60. The van der Waals surface area contributed by atoms with Crippen molar-refractivity contribution in [1.29, 1.82) is 0 Å². The van der Waals surface area contributed by atoms with Gasteiger partial charge in [-0.25, -0.2) is 0 Å². The molecule has 0 unspecified atom stereocenters. The third-order valence-electron chi connectivity index (χ3n) is 11.4. The Labute approximate surface area is 321 Å². The van der Waals surface area contributed by atoms with Gasteiger partial charge in [0.2, 0.25) is 0 Å². The Hall–Kier alpha value is -7.56. The lowest BCUT2D eigenvalue weighted by Crippen LogP contribution is -2.09. The third-order valence-corrected chi connectivity index (χ3v) is 11.4. The van der Waals surface area contributed by atoms with E-state index >= 15 is 0 Å². The van der Waals surface area contributed by atoms with E-state index in [1.807, 2.05) is 12.1 Å². The predicted octanol–water partition coefficient (Wildman–Crippen LogP) is 14.9. The maximum Gasteiger partial charge on any atom is 0.143 e. The number of nitrogens with zero attached hydrogens (tertiary/aromatic N) is 2. The SMILES string of the molecule is c1ccc(N(c2ccc(-c3ccc4c(c3)oc3c4ccc4c3ccc3c5ccccc5oc34)cc2)c2ccc3c(c2)c2ccccc2n3-c2ccccc2)cc1. The highest BCUT2D eigenvalue weighted by Gasteiger charge is 2.19. The topological polar surface area (TPSA) is 34.5 Å². The highest BCUT2D eigenvalue weighted by molar-refractivity contribution is 6.22. The van der Waals surface area contributed by atoms with Crippen LogP contribution in [0.3, 0.4) is 0 Å². The second-order valence-corrected chi connectivity index (χ2v) is 14.5. The smallest absolute Gasteiger partial charge is 0.143 e. The third kappa shape index (κ3) is 4.60. The Morgan fingerprint density at radius 1 is 0.321 bits per heavy atom. The molecule has 3 aromatic heterocycles. The number of para-hydroxylation sites is 4. The molecule has 56 heavy (non-hydrogen) atoms. The molecule has 0 fully saturated rings. The van der Waals surface area contributed by atoms with Gasteiger partial charge >= 0.3 is 0 Å². The van der Waals surface area contributed by atoms with Crippen molar-refractivity contribution in [3.05, 3.63) is 194 Å². The lowest BCUT2D eigenvalue weighted by Gasteiger charge is -2.26. The summed E-state index contributed by atoms with van der Waals surface area (Å²) in [7, 11) is 0. The molecule has 0 spiro atoms. The molecule has 12 aromatic rings. The maximum atomic E-state index is 6.67. The molecule has 3 heterocycles. The van der Waals surface area contributed by atoms with Gasteiger partial charge in [0, 0.05) is 65.8 Å². The normalized spacial score (nSPS) is 11.9. The minimum atomic E-state index is 0.868. The zero-order valence-corrected chi connectivity index (χ0v) is 30.2. The fourth-order valence-corrected chi connectivity index (χ4v) is 8.78. The van der Waals surface area contributed by atoms with Crippen molar-refractivity contribution in [1.82, 2.24) is 4.57 Å². The molecule has 0 bridgehead atoms. The summed E-state index contributed by atoms with van der Waals surface area (Å²) < 4.78 is 15.4. The van der Waals surface area contributed by atoms with Gasteiger partial charge in [0.1, 0.15) is 22.3 Å². The Bertz CT molecular complexity index is 3460. The highest BCUT2D eigenvalue weighted by atomic mass is 16.3. The first-order chi connectivity index (χ1) is 27.8. The van der Waals surface area contributed by atoms with E-state index in [0.717, 1.165) is 88.5 Å². The summed E-state index contributed by atoms with van der Waals surface area (Å²) in [5.74, 6) is 0. The van der Waals surface area contributed by atoms with Crippen LogP contribution >= 0.6 is 0 Å². The maximum absolute atomic E-state index is 6.67. The van der Waals surface area contributed by atoms with Crippen molar-refractivity contribution in [2.45, 2.75) is 0 Å². The van der Waals surface area contributed by atoms with Gasteiger partial charge in [-0.3, -0.25) is 0 Å². The molecule has 0 aliphatic rings. The van der Waals surface area contributed by atoms with Gasteiger partial charge in [0.25, 0.3) is 0 Å². The second kappa shape index (κ2) is 12.0. The Morgan fingerprint density at radius 3 is 1.59 bits per heavy atom. The number of benzene rings is 9. The number of aromatic nitrogens is 1. The van der Waals surface area contributed by atoms with Gasteiger partial charge in [-0.15, -0.1) is 0 Å². The zero-order valence-electron chi connectivity index (χ0n) is 30.2. The van der Waals surface area contributed by atoms with Crippen molar-refractivity contribution in [3.63, 3.8) is 0 Å². The fourth-order valence-electron chi connectivity index (χ4n) is 8.78. The van der Waals surface area contributed by atoms with Crippen molar-refractivity contribution < 1.29 is 8.83 Å².